The van der Waals surface area contributed by atoms with Crippen molar-refractivity contribution in [3.05, 3.63) is 171 Å². The molecule has 0 atom stereocenters. The van der Waals surface area contributed by atoms with Crippen molar-refractivity contribution in [1.29, 1.82) is 5.26 Å². The molecule has 0 N–H and O–H groups in total. The first kappa shape index (κ1) is 30.5. The molecule has 0 unspecified atom stereocenters. The molecular weight excluding hydrogens is 709 g/mol. The second kappa shape index (κ2) is 15.6. The maximum absolute atomic E-state index is 6.25. The van der Waals surface area contributed by atoms with E-state index in [4.69, 9.17) is 22.0 Å². The van der Waals surface area contributed by atoms with E-state index in [2.05, 4.69) is 41.4 Å². The average molecular weight is 734 g/mol. The molecule has 0 aliphatic rings. The molecule has 7 rings (SSSR count). The molecule has 0 saturated heterocycles. The first-order valence-electron chi connectivity index (χ1n) is 13.2. The Balaban J connectivity index is 0.000000237. The number of hydrogen-bond donors (Lipinski definition) is 0. The minimum Gasteiger partial charge on any atom is -0.512 e. The summed E-state index contributed by atoms with van der Waals surface area (Å²) in [7, 11) is 0. The van der Waals surface area contributed by atoms with E-state index in [1.807, 2.05) is 131 Å². The average Bonchev–Trinajstić information content (AvgIpc) is 3.79. The third kappa shape index (κ3) is 7.87. The summed E-state index contributed by atoms with van der Waals surface area (Å²) in [5, 5.41) is 15.6. The summed E-state index contributed by atoms with van der Waals surface area (Å²) in [6.45, 7) is 4.75. The predicted octanol–water partition coefficient (Wildman–Crippen LogP) is 7.83. The van der Waals surface area contributed by atoms with E-state index >= 15 is 0 Å². The maximum Gasteiger partial charge on any atom is 3.00 e. The number of benzene rings is 4. The van der Waals surface area contributed by atoms with Gasteiger partial charge in [-0.1, -0.05) is 72.8 Å². The Labute approximate surface area is 264 Å². The molecule has 4 aromatic carbocycles. The second-order valence-electron chi connectivity index (χ2n) is 8.94. The van der Waals surface area contributed by atoms with E-state index in [1.54, 1.807) is 6.20 Å². The minimum absolute atomic E-state index is 0. The maximum atomic E-state index is 6.25. The molecule has 7 aromatic rings. The molecular formula is C36H25IrN6. The normalized spacial score (nSPS) is 9.81. The second-order valence-corrected chi connectivity index (χ2v) is 8.94. The summed E-state index contributed by atoms with van der Waals surface area (Å²) in [6, 6.07) is 50.5. The van der Waals surface area contributed by atoms with Gasteiger partial charge in [-0.25, -0.2) is 0 Å². The zero-order chi connectivity index (χ0) is 29.0. The van der Waals surface area contributed by atoms with Crippen LogP contribution in [-0.2, 0) is 20.1 Å². The van der Waals surface area contributed by atoms with E-state index < -0.39 is 0 Å². The first-order chi connectivity index (χ1) is 20.8. The third-order valence-electron chi connectivity index (χ3n) is 6.23. The van der Waals surface area contributed by atoms with Crippen LogP contribution in [0.5, 0.6) is 0 Å². The van der Waals surface area contributed by atoms with Crippen LogP contribution in [0.4, 0.5) is 0 Å². The molecule has 3 aromatic heterocycles. The van der Waals surface area contributed by atoms with E-state index in [0.717, 1.165) is 45.1 Å². The monoisotopic (exact) mass is 734 g/mol. The summed E-state index contributed by atoms with van der Waals surface area (Å²) in [5.74, 6) is 0. The van der Waals surface area contributed by atoms with Gasteiger partial charge in [-0.15, -0.1) is 54.1 Å². The number of aromatic nitrogens is 5. The molecule has 6 nitrogen and oxygen atoms in total. The summed E-state index contributed by atoms with van der Waals surface area (Å²) >= 11 is 0. The fraction of sp³-hybridized carbons (Fsp3) is 0. The standard InChI is InChI=1S/C24H17N4.C11H8N.CN.Ir/c1-3-8-19(9-4-1)23-14-16-27(25-23)21-12-7-13-22(18-21)28-17-15-24(26-28)20-10-5-2-6-11-20;1-2-6-10(7-3-1)11-8-4-5-9-12-11;1-2;/h1-17H;1-6,8-9H;;/q3*-1;+3. The Hall–Kier alpha value is -5.41. The molecule has 0 bridgehead atoms. The van der Waals surface area contributed by atoms with Crippen LogP contribution in [0, 0.1) is 24.0 Å². The fourth-order valence-electron chi connectivity index (χ4n) is 4.23. The Morgan fingerprint density at radius 1 is 0.535 bits per heavy atom. The molecule has 0 amide bonds. The smallest absolute Gasteiger partial charge is 0.512 e. The summed E-state index contributed by atoms with van der Waals surface area (Å²) < 4.78 is 3.68. The topological polar surface area (TPSA) is 72.3 Å². The molecule has 0 spiro atoms. The van der Waals surface area contributed by atoms with E-state index in [1.165, 1.54) is 0 Å². The van der Waals surface area contributed by atoms with Gasteiger partial charge in [-0.3, -0.25) is 9.36 Å². The van der Waals surface area contributed by atoms with E-state index in [0.29, 0.717) is 0 Å². The number of nitrogens with zero attached hydrogens (tertiary/aromatic N) is 6. The van der Waals surface area contributed by atoms with Crippen molar-refractivity contribution in [2.24, 2.45) is 0 Å². The molecule has 3 heterocycles. The predicted molar refractivity (Wildman–Crippen MR) is 164 cm³/mol. The van der Waals surface area contributed by atoms with E-state index in [-0.39, 0.29) is 20.1 Å². The van der Waals surface area contributed by atoms with Crippen LogP contribution < -0.4 is 0 Å². The van der Waals surface area contributed by atoms with E-state index in [9.17, 15) is 0 Å². The molecule has 0 fully saturated rings. The van der Waals surface area contributed by atoms with Crippen molar-refractivity contribution < 1.29 is 20.1 Å². The largest absolute Gasteiger partial charge is 3.00 e. The van der Waals surface area contributed by atoms with Crippen LogP contribution in [0.15, 0.2) is 152 Å². The molecule has 43 heavy (non-hydrogen) atoms. The van der Waals surface area contributed by atoms with Crippen LogP contribution in [0.1, 0.15) is 0 Å². The van der Waals surface area contributed by atoms with Crippen molar-refractivity contribution in [3.8, 4) is 45.1 Å². The zero-order valence-corrected chi connectivity index (χ0v) is 25.3. The Morgan fingerprint density at radius 3 is 1.56 bits per heavy atom. The quantitative estimate of drug-likeness (QED) is 0.169. The van der Waals surface area contributed by atoms with Gasteiger partial charge < -0.3 is 16.8 Å². The van der Waals surface area contributed by atoms with Gasteiger partial charge in [0.05, 0.1) is 11.4 Å². The van der Waals surface area contributed by atoms with Gasteiger partial charge >= 0.3 is 20.1 Å². The minimum atomic E-state index is 0. The Bertz CT molecular complexity index is 1700. The van der Waals surface area contributed by atoms with Crippen molar-refractivity contribution in [2.45, 2.75) is 0 Å². The van der Waals surface area contributed by atoms with Crippen LogP contribution in [0.2, 0.25) is 0 Å². The first-order valence-corrected chi connectivity index (χ1v) is 13.2. The number of rotatable bonds is 5. The molecule has 0 aliphatic heterocycles. The van der Waals surface area contributed by atoms with Gasteiger partial charge in [0.25, 0.3) is 0 Å². The molecule has 0 saturated carbocycles. The summed E-state index contributed by atoms with van der Waals surface area (Å²) in [5.41, 5.74) is 7.81. The van der Waals surface area contributed by atoms with Gasteiger partial charge in [-0.05, 0) is 35.3 Å². The van der Waals surface area contributed by atoms with Gasteiger partial charge in [0.1, 0.15) is 0 Å². The van der Waals surface area contributed by atoms with Crippen LogP contribution in [-0.4, -0.2) is 24.5 Å². The number of pyridine rings is 1. The van der Waals surface area contributed by atoms with Crippen LogP contribution in [0.3, 0.4) is 0 Å². The van der Waals surface area contributed by atoms with Crippen LogP contribution in [0.25, 0.3) is 45.1 Å². The Morgan fingerprint density at radius 2 is 1.07 bits per heavy atom. The Kier molecular flexibility index (Phi) is 11.0. The third-order valence-corrected chi connectivity index (χ3v) is 6.23. The molecule has 0 aliphatic carbocycles. The SMILES string of the molecule is [C-]#N.[Ir+3].[c-]1c(-n2ccc(-c3ccccc3)n2)cccc1-n1ccc(-c2ccccc2)n1.[c-]1ccccc1-c1ccccn1. The van der Waals surface area contributed by atoms with Crippen molar-refractivity contribution >= 4 is 0 Å². The zero-order valence-electron chi connectivity index (χ0n) is 23.0. The van der Waals surface area contributed by atoms with Crippen molar-refractivity contribution in [1.82, 2.24) is 24.5 Å². The van der Waals surface area contributed by atoms with Crippen LogP contribution >= 0.6 is 0 Å². The van der Waals surface area contributed by atoms with Gasteiger partial charge in [-0.2, -0.15) is 16.3 Å². The van der Waals surface area contributed by atoms with Crippen molar-refractivity contribution in [2.75, 3.05) is 0 Å². The van der Waals surface area contributed by atoms with Gasteiger partial charge in [0.15, 0.2) is 0 Å². The molecule has 208 valence electrons. The summed E-state index contributed by atoms with van der Waals surface area (Å²) in [6.07, 6.45) is 5.70. The molecule has 7 heteroatoms. The number of hydrogen-bond acceptors (Lipinski definition) is 4. The summed E-state index contributed by atoms with van der Waals surface area (Å²) in [4.78, 5) is 4.22. The molecule has 0 radical (unpaired) electrons. The van der Waals surface area contributed by atoms with Crippen molar-refractivity contribution in [3.63, 3.8) is 0 Å². The van der Waals surface area contributed by atoms with Gasteiger partial charge in [0, 0.05) is 29.7 Å². The van der Waals surface area contributed by atoms with Gasteiger partial charge in [0.2, 0.25) is 0 Å². The fourth-order valence-corrected chi connectivity index (χ4v) is 4.23.